The number of aromatic nitrogens is 3. The largest absolute Gasteiger partial charge is 0.337 e. The first-order chi connectivity index (χ1) is 7.86. The van der Waals surface area contributed by atoms with Gasteiger partial charge in [0.15, 0.2) is 5.82 Å². The summed E-state index contributed by atoms with van der Waals surface area (Å²) < 4.78 is 1.57. The fraction of sp³-hybridized carbons (Fsp3) is 0. The van der Waals surface area contributed by atoms with E-state index in [9.17, 15) is 0 Å². The Labute approximate surface area is 92.3 Å². The maximum absolute atomic E-state index is 5.99. The first-order valence-corrected chi connectivity index (χ1v) is 5.00. The van der Waals surface area contributed by atoms with Gasteiger partial charge in [0, 0.05) is 6.20 Å². The van der Waals surface area contributed by atoms with Gasteiger partial charge in [-0.15, -0.1) is 0 Å². The highest BCUT2D eigenvalue weighted by molar-refractivity contribution is 5.79. The van der Waals surface area contributed by atoms with Gasteiger partial charge in [-0.3, -0.25) is 4.98 Å². The molecular formula is C12H10N4. The lowest BCUT2D eigenvalue weighted by atomic mass is 10.3. The summed E-state index contributed by atoms with van der Waals surface area (Å²) in [6.07, 6.45) is 1.73. The highest BCUT2D eigenvalue weighted by Crippen LogP contribution is 2.20. The Morgan fingerprint density at radius 2 is 1.81 bits per heavy atom. The molecular weight excluding hydrogens is 200 g/mol. The molecule has 2 N–H and O–H groups in total. The zero-order valence-electron chi connectivity index (χ0n) is 8.54. The van der Waals surface area contributed by atoms with Crippen LogP contribution in [0.4, 0.5) is 0 Å². The van der Waals surface area contributed by atoms with Crippen LogP contribution in [0, 0.1) is 0 Å². The lowest BCUT2D eigenvalue weighted by molar-refractivity contribution is 1.03. The minimum atomic E-state index is 0.682. The first-order valence-electron chi connectivity index (χ1n) is 5.00. The summed E-state index contributed by atoms with van der Waals surface area (Å²) in [5.41, 5.74) is 2.56. The van der Waals surface area contributed by atoms with Crippen LogP contribution in [0.5, 0.6) is 0 Å². The molecule has 0 bridgehead atoms. The molecule has 0 saturated heterocycles. The molecule has 4 heteroatoms. The molecule has 0 aliphatic heterocycles. The molecule has 3 rings (SSSR count). The topological polar surface area (TPSA) is 56.7 Å². The molecule has 16 heavy (non-hydrogen) atoms. The second-order valence-corrected chi connectivity index (χ2v) is 3.51. The molecule has 3 aromatic rings. The van der Waals surface area contributed by atoms with Crippen LogP contribution in [0.3, 0.4) is 0 Å². The van der Waals surface area contributed by atoms with E-state index in [-0.39, 0.29) is 0 Å². The van der Waals surface area contributed by atoms with Crippen LogP contribution in [0.15, 0.2) is 48.7 Å². The Morgan fingerprint density at radius 3 is 2.56 bits per heavy atom. The van der Waals surface area contributed by atoms with Crippen molar-refractivity contribution in [3.8, 4) is 11.5 Å². The van der Waals surface area contributed by atoms with E-state index >= 15 is 0 Å². The fourth-order valence-corrected chi connectivity index (χ4v) is 1.72. The van der Waals surface area contributed by atoms with Crippen LogP contribution >= 0.6 is 0 Å². The van der Waals surface area contributed by atoms with Crippen molar-refractivity contribution in [1.82, 2.24) is 14.6 Å². The summed E-state index contributed by atoms with van der Waals surface area (Å²) in [7, 11) is 0. The third-order valence-electron chi connectivity index (χ3n) is 2.49. The van der Waals surface area contributed by atoms with E-state index in [4.69, 9.17) is 5.84 Å². The zero-order valence-corrected chi connectivity index (χ0v) is 8.54. The third kappa shape index (κ3) is 1.24. The van der Waals surface area contributed by atoms with Crippen LogP contribution < -0.4 is 5.84 Å². The highest BCUT2D eigenvalue weighted by atomic mass is 15.3. The Morgan fingerprint density at radius 1 is 1.00 bits per heavy atom. The molecule has 0 atom stereocenters. The molecule has 78 valence electrons. The van der Waals surface area contributed by atoms with E-state index in [0.717, 1.165) is 16.7 Å². The lowest BCUT2D eigenvalue weighted by Gasteiger charge is -2.00. The average molecular weight is 210 g/mol. The lowest BCUT2D eigenvalue weighted by Crippen LogP contribution is -2.09. The molecule has 0 fully saturated rings. The molecule has 1 aromatic carbocycles. The van der Waals surface area contributed by atoms with E-state index in [1.165, 1.54) is 0 Å². The quantitative estimate of drug-likeness (QED) is 0.623. The predicted molar refractivity (Wildman–Crippen MR) is 63.1 cm³/mol. The van der Waals surface area contributed by atoms with E-state index in [0.29, 0.717) is 5.82 Å². The number of rotatable bonds is 1. The van der Waals surface area contributed by atoms with Gasteiger partial charge in [-0.05, 0) is 24.3 Å². The van der Waals surface area contributed by atoms with Gasteiger partial charge in [-0.1, -0.05) is 18.2 Å². The maximum Gasteiger partial charge on any atom is 0.178 e. The average Bonchev–Trinajstić information content (AvgIpc) is 2.69. The van der Waals surface area contributed by atoms with Gasteiger partial charge in [-0.2, -0.15) is 0 Å². The summed E-state index contributed by atoms with van der Waals surface area (Å²) >= 11 is 0. The summed E-state index contributed by atoms with van der Waals surface area (Å²) in [6, 6.07) is 13.4. The molecule has 2 heterocycles. The van der Waals surface area contributed by atoms with E-state index in [1.54, 1.807) is 10.9 Å². The number of nitrogens with two attached hydrogens (primary N) is 1. The first kappa shape index (κ1) is 8.91. The molecule has 0 aliphatic rings. The number of pyridine rings is 1. The van der Waals surface area contributed by atoms with Crippen LogP contribution in [-0.2, 0) is 0 Å². The molecule has 0 amide bonds. The fourth-order valence-electron chi connectivity index (χ4n) is 1.72. The third-order valence-corrected chi connectivity index (χ3v) is 2.49. The van der Waals surface area contributed by atoms with Crippen molar-refractivity contribution in [3.63, 3.8) is 0 Å². The molecule has 0 saturated carbocycles. The van der Waals surface area contributed by atoms with Crippen molar-refractivity contribution < 1.29 is 0 Å². The smallest absolute Gasteiger partial charge is 0.178 e. The number of hydrogen-bond donors (Lipinski definition) is 1. The molecule has 0 aliphatic carbocycles. The van der Waals surface area contributed by atoms with Crippen molar-refractivity contribution in [2.75, 3.05) is 5.84 Å². The van der Waals surface area contributed by atoms with Crippen molar-refractivity contribution in [2.24, 2.45) is 0 Å². The van der Waals surface area contributed by atoms with Gasteiger partial charge in [0.2, 0.25) is 0 Å². The Kier molecular flexibility index (Phi) is 1.86. The molecule has 0 spiro atoms. The van der Waals surface area contributed by atoms with Gasteiger partial charge in [0.05, 0.1) is 11.0 Å². The SMILES string of the molecule is Nn1c(-c2ccccn2)nc2ccccc21. The van der Waals surface area contributed by atoms with Crippen LogP contribution in [0.1, 0.15) is 0 Å². The second kappa shape index (κ2) is 3.34. The Bertz CT molecular complexity index is 628. The number of hydrogen-bond acceptors (Lipinski definition) is 3. The number of fused-ring (bicyclic) bond motifs is 1. The van der Waals surface area contributed by atoms with Crippen molar-refractivity contribution in [2.45, 2.75) is 0 Å². The second-order valence-electron chi connectivity index (χ2n) is 3.51. The van der Waals surface area contributed by atoms with Crippen molar-refractivity contribution >= 4 is 11.0 Å². The van der Waals surface area contributed by atoms with Gasteiger partial charge in [0.25, 0.3) is 0 Å². The van der Waals surface area contributed by atoms with Crippen LogP contribution in [0.25, 0.3) is 22.6 Å². The van der Waals surface area contributed by atoms with Gasteiger partial charge >= 0.3 is 0 Å². The molecule has 4 nitrogen and oxygen atoms in total. The minimum absolute atomic E-state index is 0.682. The number of benzene rings is 1. The van der Waals surface area contributed by atoms with Gasteiger partial charge in [0.1, 0.15) is 5.69 Å². The number of nitrogens with zero attached hydrogens (tertiary/aromatic N) is 3. The van der Waals surface area contributed by atoms with Crippen LogP contribution in [-0.4, -0.2) is 14.6 Å². The summed E-state index contributed by atoms with van der Waals surface area (Å²) in [5.74, 6) is 6.67. The highest BCUT2D eigenvalue weighted by Gasteiger charge is 2.09. The number of para-hydroxylation sites is 2. The van der Waals surface area contributed by atoms with Gasteiger partial charge in [-0.25, -0.2) is 9.66 Å². The van der Waals surface area contributed by atoms with E-state index in [2.05, 4.69) is 9.97 Å². The molecule has 2 aromatic heterocycles. The maximum atomic E-state index is 5.99. The number of nitrogen functional groups attached to an aromatic ring is 1. The van der Waals surface area contributed by atoms with Crippen LogP contribution in [0.2, 0.25) is 0 Å². The molecule has 0 radical (unpaired) electrons. The number of imidazole rings is 1. The minimum Gasteiger partial charge on any atom is -0.337 e. The van der Waals surface area contributed by atoms with E-state index < -0.39 is 0 Å². The zero-order chi connectivity index (χ0) is 11.0. The van der Waals surface area contributed by atoms with Crippen molar-refractivity contribution in [3.05, 3.63) is 48.7 Å². The normalized spacial score (nSPS) is 10.8. The summed E-state index contributed by atoms with van der Waals surface area (Å²) in [4.78, 5) is 8.70. The van der Waals surface area contributed by atoms with Gasteiger partial charge < -0.3 is 5.84 Å². The monoisotopic (exact) mass is 210 g/mol. The van der Waals surface area contributed by atoms with E-state index in [1.807, 2.05) is 42.5 Å². The predicted octanol–water partition coefficient (Wildman–Crippen LogP) is 1.81. The summed E-state index contributed by atoms with van der Waals surface area (Å²) in [6.45, 7) is 0. The van der Waals surface area contributed by atoms with Crippen molar-refractivity contribution in [1.29, 1.82) is 0 Å². The Hall–Kier alpha value is -2.36. The standard InChI is InChI=1S/C12H10N4/c13-16-11-7-2-1-5-9(11)15-12(16)10-6-3-4-8-14-10/h1-8H,13H2. The Balaban J connectivity index is 2.29. The molecule has 0 unspecified atom stereocenters. The summed E-state index contributed by atoms with van der Waals surface area (Å²) in [5, 5.41) is 0.